The van der Waals surface area contributed by atoms with Crippen LogP contribution in [0.2, 0.25) is 0 Å². The largest absolute Gasteiger partial charge is 0.414 e. The summed E-state index contributed by atoms with van der Waals surface area (Å²) in [5, 5.41) is 20.5. The third kappa shape index (κ3) is 4.46. The second-order valence-corrected chi connectivity index (χ2v) is 4.42. The summed E-state index contributed by atoms with van der Waals surface area (Å²) < 4.78 is 36.7. The maximum absolute atomic E-state index is 12.2. The molecule has 0 aromatic heterocycles. The van der Waals surface area contributed by atoms with E-state index in [0.29, 0.717) is 5.56 Å². The van der Waals surface area contributed by atoms with Crippen LogP contribution in [0.5, 0.6) is 0 Å². The summed E-state index contributed by atoms with van der Waals surface area (Å²) in [7, 11) is 0. The fourth-order valence-corrected chi connectivity index (χ4v) is 1.90. The number of alkyl halides is 3. The second-order valence-electron chi connectivity index (χ2n) is 4.42. The number of hydrogen-bond acceptors (Lipinski definition) is 2. The molecule has 20 heavy (non-hydrogen) atoms. The quantitative estimate of drug-likeness (QED) is 0.766. The summed E-state index contributed by atoms with van der Waals surface area (Å²) in [5.74, 6) is 0. The number of aliphatic hydroxyl groups is 2. The standard InChI is InChI=1S/C14H13F3O2.Yb/c15-14(16,17)13(19)8-12(18)11-6-5-9-3-1-2-4-10(9)7-11;/h1-7,12-13,18-19H,8H2;. The summed E-state index contributed by atoms with van der Waals surface area (Å²) in [5.41, 5.74) is 0.363. The molecule has 0 saturated carbocycles. The number of rotatable bonds is 3. The van der Waals surface area contributed by atoms with Crippen molar-refractivity contribution >= 4 is 10.8 Å². The minimum atomic E-state index is -4.71. The Morgan fingerprint density at radius 3 is 2.15 bits per heavy atom. The van der Waals surface area contributed by atoms with Crippen molar-refractivity contribution in [3.63, 3.8) is 0 Å². The van der Waals surface area contributed by atoms with E-state index in [1.807, 2.05) is 24.3 Å². The number of hydrogen-bond donors (Lipinski definition) is 2. The van der Waals surface area contributed by atoms with Crippen molar-refractivity contribution in [1.82, 2.24) is 0 Å². The van der Waals surface area contributed by atoms with Crippen molar-refractivity contribution in [1.29, 1.82) is 0 Å². The molecule has 0 aliphatic carbocycles. The van der Waals surface area contributed by atoms with E-state index in [1.54, 1.807) is 18.2 Å². The SMILES string of the molecule is OC(CC(O)C(F)(F)F)c1ccc2ccccc2c1.[Yb]. The number of benzene rings is 2. The van der Waals surface area contributed by atoms with Crippen molar-refractivity contribution in [2.75, 3.05) is 0 Å². The van der Waals surface area contributed by atoms with E-state index >= 15 is 0 Å². The Labute approximate surface area is 152 Å². The molecule has 2 nitrogen and oxygen atoms in total. The maximum Gasteiger partial charge on any atom is 0.414 e. The molecule has 2 atom stereocenters. The second kappa shape index (κ2) is 7.27. The van der Waals surface area contributed by atoms with Gasteiger partial charge < -0.3 is 10.2 Å². The van der Waals surface area contributed by atoms with Gasteiger partial charge in [0.25, 0.3) is 0 Å². The van der Waals surface area contributed by atoms with Crippen LogP contribution in [-0.4, -0.2) is 22.5 Å². The minimum absolute atomic E-state index is 0. The normalized spacial score (nSPS) is 14.7. The first-order valence-electron chi connectivity index (χ1n) is 5.79. The average molecular weight is 443 g/mol. The first kappa shape index (κ1) is 18.0. The monoisotopic (exact) mass is 444 g/mol. The van der Waals surface area contributed by atoms with Crippen molar-refractivity contribution in [2.45, 2.75) is 24.8 Å². The number of fused-ring (bicyclic) bond motifs is 1. The Hall–Kier alpha value is -0.0705. The summed E-state index contributed by atoms with van der Waals surface area (Å²) in [4.78, 5) is 0. The molecule has 0 bridgehead atoms. The molecule has 116 valence electrons. The average Bonchev–Trinajstić information content (AvgIpc) is 2.37. The Morgan fingerprint density at radius 1 is 0.950 bits per heavy atom. The summed E-state index contributed by atoms with van der Waals surface area (Å²) in [6, 6.07) is 12.3. The van der Waals surface area contributed by atoms with Gasteiger partial charge in [0, 0.05) is 53.3 Å². The first-order valence-corrected chi connectivity index (χ1v) is 5.79. The summed E-state index contributed by atoms with van der Waals surface area (Å²) >= 11 is 0. The van der Waals surface area contributed by atoms with Gasteiger partial charge in [-0.1, -0.05) is 36.4 Å². The van der Waals surface area contributed by atoms with Crippen LogP contribution in [0.15, 0.2) is 42.5 Å². The third-order valence-corrected chi connectivity index (χ3v) is 2.98. The fraction of sp³-hybridized carbons (Fsp3) is 0.286. The van der Waals surface area contributed by atoms with Gasteiger partial charge >= 0.3 is 6.18 Å². The summed E-state index contributed by atoms with van der Waals surface area (Å²) in [6.45, 7) is 0. The summed E-state index contributed by atoms with van der Waals surface area (Å²) in [6.07, 6.45) is -9.34. The zero-order valence-electron chi connectivity index (χ0n) is 10.2. The Morgan fingerprint density at radius 2 is 1.55 bits per heavy atom. The van der Waals surface area contributed by atoms with Crippen LogP contribution in [0.4, 0.5) is 13.2 Å². The molecule has 2 unspecified atom stereocenters. The molecule has 0 radical (unpaired) electrons. The molecule has 2 aromatic rings. The van der Waals surface area contributed by atoms with Gasteiger partial charge in [0.1, 0.15) is 0 Å². The number of halogens is 3. The molecular weight excluding hydrogens is 430 g/mol. The smallest absolute Gasteiger partial charge is 0.388 e. The fourth-order valence-electron chi connectivity index (χ4n) is 1.90. The van der Waals surface area contributed by atoms with E-state index in [-0.39, 0.29) is 46.9 Å². The molecular formula is C14H13F3O2Yb. The van der Waals surface area contributed by atoms with Gasteiger partial charge in [-0.25, -0.2) is 0 Å². The van der Waals surface area contributed by atoms with Gasteiger partial charge in [-0.15, -0.1) is 0 Å². The van der Waals surface area contributed by atoms with Crippen molar-refractivity contribution < 1.29 is 70.3 Å². The molecule has 6 heteroatoms. The van der Waals surface area contributed by atoms with Gasteiger partial charge in [-0.3, -0.25) is 0 Å². The predicted molar refractivity (Wildman–Crippen MR) is 65.6 cm³/mol. The van der Waals surface area contributed by atoms with E-state index in [0.717, 1.165) is 10.8 Å². The molecule has 0 aliphatic rings. The van der Waals surface area contributed by atoms with Gasteiger partial charge in [0.2, 0.25) is 0 Å². The topological polar surface area (TPSA) is 40.5 Å². The van der Waals surface area contributed by atoms with E-state index in [4.69, 9.17) is 5.11 Å². The van der Waals surface area contributed by atoms with E-state index in [1.165, 1.54) is 0 Å². The van der Waals surface area contributed by atoms with Crippen LogP contribution in [-0.2, 0) is 0 Å². The molecule has 0 amide bonds. The van der Waals surface area contributed by atoms with E-state index in [2.05, 4.69) is 0 Å². The minimum Gasteiger partial charge on any atom is -0.388 e. The van der Waals surface area contributed by atoms with E-state index < -0.39 is 24.8 Å². The van der Waals surface area contributed by atoms with Crippen LogP contribution >= 0.6 is 0 Å². The zero-order valence-corrected chi connectivity index (χ0v) is 11.9. The zero-order chi connectivity index (χ0) is 14.0. The molecule has 0 aliphatic heterocycles. The predicted octanol–water partition coefficient (Wildman–Crippen LogP) is 3.19. The Kier molecular flexibility index (Phi) is 6.54. The third-order valence-electron chi connectivity index (χ3n) is 2.98. The van der Waals surface area contributed by atoms with Gasteiger partial charge in [0.05, 0.1) is 6.10 Å². The van der Waals surface area contributed by atoms with Crippen molar-refractivity contribution in [3.05, 3.63) is 48.0 Å². The molecule has 0 heterocycles. The maximum atomic E-state index is 12.2. The van der Waals surface area contributed by atoms with Crippen LogP contribution in [0.25, 0.3) is 10.8 Å². The van der Waals surface area contributed by atoms with Crippen LogP contribution in [0.1, 0.15) is 18.1 Å². The van der Waals surface area contributed by atoms with Gasteiger partial charge in [-0.2, -0.15) is 13.2 Å². The molecule has 0 spiro atoms. The van der Waals surface area contributed by atoms with Crippen molar-refractivity contribution in [3.8, 4) is 0 Å². The molecule has 2 rings (SSSR count). The molecule has 2 aromatic carbocycles. The first-order chi connectivity index (χ1) is 8.88. The van der Waals surface area contributed by atoms with Crippen molar-refractivity contribution in [2.24, 2.45) is 0 Å². The molecule has 0 fully saturated rings. The molecule has 0 saturated heterocycles. The Bertz CT molecular complexity index is 572. The van der Waals surface area contributed by atoms with E-state index in [9.17, 15) is 18.3 Å². The van der Waals surface area contributed by atoms with Crippen LogP contribution in [0.3, 0.4) is 0 Å². The Balaban J connectivity index is 0.00000200. The number of aliphatic hydroxyl groups excluding tert-OH is 2. The van der Waals surface area contributed by atoms with Gasteiger partial charge in [0.15, 0.2) is 6.10 Å². The van der Waals surface area contributed by atoms with Gasteiger partial charge in [-0.05, 0) is 22.4 Å². The van der Waals surface area contributed by atoms with Crippen LogP contribution < -0.4 is 0 Å². The van der Waals surface area contributed by atoms with Crippen LogP contribution in [0, 0.1) is 46.9 Å². The molecule has 2 N–H and O–H groups in total.